The number of benzene rings is 1. The SMILES string of the molecule is Cc1cc2c(c(C)c1O)CC[C@@H](N)C2. The van der Waals surface area contributed by atoms with E-state index in [9.17, 15) is 5.11 Å². The number of phenolic OH excluding ortho intramolecular Hbond substituents is 1. The summed E-state index contributed by atoms with van der Waals surface area (Å²) in [6, 6.07) is 2.38. The molecule has 2 heteroatoms. The van der Waals surface area contributed by atoms with Crippen LogP contribution in [0.25, 0.3) is 0 Å². The van der Waals surface area contributed by atoms with Crippen LogP contribution < -0.4 is 5.73 Å². The molecule has 0 radical (unpaired) electrons. The zero-order valence-electron chi connectivity index (χ0n) is 8.80. The third-order valence-electron chi connectivity index (χ3n) is 3.21. The van der Waals surface area contributed by atoms with Crippen molar-refractivity contribution < 1.29 is 5.11 Å². The van der Waals surface area contributed by atoms with Crippen LogP contribution in [0.1, 0.15) is 28.7 Å². The van der Waals surface area contributed by atoms with Crippen LogP contribution in [0.2, 0.25) is 0 Å². The van der Waals surface area contributed by atoms with E-state index in [1.54, 1.807) is 0 Å². The first-order chi connectivity index (χ1) is 6.59. The predicted octanol–water partition coefficient (Wildman–Crippen LogP) is 1.83. The second-order valence-corrected chi connectivity index (χ2v) is 4.31. The van der Waals surface area contributed by atoms with Gasteiger partial charge in [-0.25, -0.2) is 0 Å². The molecule has 76 valence electrons. The molecular weight excluding hydrogens is 174 g/mol. The second kappa shape index (κ2) is 3.28. The van der Waals surface area contributed by atoms with Crippen LogP contribution >= 0.6 is 0 Å². The monoisotopic (exact) mass is 191 g/mol. The highest BCUT2D eigenvalue weighted by Crippen LogP contribution is 2.32. The Morgan fingerprint density at radius 3 is 2.86 bits per heavy atom. The lowest BCUT2D eigenvalue weighted by Crippen LogP contribution is -2.28. The van der Waals surface area contributed by atoms with Crippen molar-refractivity contribution in [2.75, 3.05) is 0 Å². The van der Waals surface area contributed by atoms with Gasteiger partial charge in [0.25, 0.3) is 0 Å². The summed E-state index contributed by atoms with van der Waals surface area (Å²) in [5, 5.41) is 9.80. The molecule has 1 aliphatic rings. The number of phenols is 1. The van der Waals surface area contributed by atoms with Gasteiger partial charge in [0.1, 0.15) is 5.75 Å². The van der Waals surface area contributed by atoms with Gasteiger partial charge in [-0.3, -0.25) is 0 Å². The van der Waals surface area contributed by atoms with Gasteiger partial charge in [-0.05, 0) is 55.4 Å². The molecule has 0 amide bonds. The lowest BCUT2D eigenvalue weighted by Gasteiger charge is -2.24. The first kappa shape index (κ1) is 9.53. The van der Waals surface area contributed by atoms with Crippen LogP contribution in [-0.4, -0.2) is 11.1 Å². The summed E-state index contributed by atoms with van der Waals surface area (Å²) in [7, 11) is 0. The van der Waals surface area contributed by atoms with Crippen LogP contribution in [0.5, 0.6) is 5.75 Å². The molecule has 1 aromatic rings. The molecule has 0 fully saturated rings. The van der Waals surface area contributed by atoms with E-state index in [4.69, 9.17) is 5.73 Å². The average molecular weight is 191 g/mol. The number of hydrogen-bond donors (Lipinski definition) is 2. The molecule has 0 spiro atoms. The Balaban J connectivity index is 2.54. The minimum Gasteiger partial charge on any atom is -0.507 e. The van der Waals surface area contributed by atoms with E-state index < -0.39 is 0 Å². The van der Waals surface area contributed by atoms with E-state index in [0.29, 0.717) is 11.8 Å². The maximum absolute atomic E-state index is 9.80. The molecule has 3 N–H and O–H groups in total. The van der Waals surface area contributed by atoms with E-state index in [0.717, 1.165) is 30.4 Å². The maximum Gasteiger partial charge on any atom is 0.121 e. The number of aromatic hydroxyl groups is 1. The van der Waals surface area contributed by atoms with Gasteiger partial charge in [-0.15, -0.1) is 0 Å². The van der Waals surface area contributed by atoms with E-state index in [1.807, 2.05) is 13.8 Å². The van der Waals surface area contributed by atoms with Gasteiger partial charge in [0.15, 0.2) is 0 Å². The highest BCUT2D eigenvalue weighted by molar-refractivity contribution is 5.49. The number of nitrogens with two attached hydrogens (primary N) is 1. The molecule has 0 heterocycles. The molecule has 0 aromatic heterocycles. The Morgan fingerprint density at radius 1 is 1.43 bits per heavy atom. The summed E-state index contributed by atoms with van der Waals surface area (Å²) < 4.78 is 0. The fourth-order valence-electron chi connectivity index (χ4n) is 2.34. The Hall–Kier alpha value is -1.02. The third-order valence-corrected chi connectivity index (χ3v) is 3.21. The predicted molar refractivity (Wildman–Crippen MR) is 57.6 cm³/mol. The normalized spacial score (nSPS) is 20.6. The summed E-state index contributed by atoms with van der Waals surface area (Å²) in [4.78, 5) is 0. The van der Waals surface area contributed by atoms with Crippen molar-refractivity contribution in [3.05, 3.63) is 28.3 Å². The lowest BCUT2D eigenvalue weighted by atomic mass is 9.84. The minimum atomic E-state index is 0.297. The summed E-state index contributed by atoms with van der Waals surface area (Å²) in [6.07, 6.45) is 3.00. The molecule has 2 nitrogen and oxygen atoms in total. The number of aryl methyl sites for hydroxylation is 1. The first-order valence-electron chi connectivity index (χ1n) is 5.16. The standard InChI is InChI=1S/C12H17NO/c1-7-5-9-6-10(13)3-4-11(9)8(2)12(7)14/h5,10,14H,3-4,6,13H2,1-2H3/t10-/m1/s1. The molecule has 0 saturated carbocycles. The molecule has 0 bridgehead atoms. The van der Waals surface area contributed by atoms with Gasteiger partial charge >= 0.3 is 0 Å². The van der Waals surface area contributed by atoms with Gasteiger partial charge in [0.05, 0.1) is 0 Å². The minimum absolute atomic E-state index is 0.297. The summed E-state index contributed by atoms with van der Waals surface area (Å²) in [5.41, 5.74) is 10.6. The fourth-order valence-corrected chi connectivity index (χ4v) is 2.34. The Kier molecular flexibility index (Phi) is 2.23. The lowest BCUT2D eigenvalue weighted by molar-refractivity contribution is 0.462. The van der Waals surface area contributed by atoms with Crippen LogP contribution in [0.15, 0.2) is 6.07 Å². The van der Waals surface area contributed by atoms with Crippen LogP contribution in [0, 0.1) is 13.8 Å². The third kappa shape index (κ3) is 1.40. The molecule has 2 rings (SSSR count). The smallest absolute Gasteiger partial charge is 0.121 e. The first-order valence-corrected chi connectivity index (χ1v) is 5.16. The highest BCUT2D eigenvalue weighted by atomic mass is 16.3. The number of hydrogen-bond acceptors (Lipinski definition) is 2. The van der Waals surface area contributed by atoms with Crippen molar-refractivity contribution in [3.63, 3.8) is 0 Å². The van der Waals surface area contributed by atoms with Crippen molar-refractivity contribution in [2.24, 2.45) is 5.73 Å². The van der Waals surface area contributed by atoms with Crippen LogP contribution in [0.4, 0.5) is 0 Å². The van der Waals surface area contributed by atoms with Gasteiger partial charge < -0.3 is 10.8 Å². The quantitative estimate of drug-likeness (QED) is 0.657. The molecular formula is C12H17NO. The van der Waals surface area contributed by atoms with Crippen molar-refractivity contribution in [2.45, 2.75) is 39.2 Å². The Bertz CT molecular complexity index is 371. The van der Waals surface area contributed by atoms with Gasteiger partial charge in [-0.1, -0.05) is 6.07 Å². The van der Waals surface area contributed by atoms with Crippen molar-refractivity contribution in [1.82, 2.24) is 0 Å². The molecule has 0 unspecified atom stereocenters. The highest BCUT2D eigenvalue weighted by Gasteiger charge is 2.19. The zero-order chi connectivity index (χ0) is 10.3. The largest absolute Gasteiger partial charge is 0.507 e. The van der Waals surface area contributed by atoms with Crippen molar-refractivity contribution >= 4 is 0 Å². The van der Waals surface area contributed by atoms with Crippen molar-refractivity contribution in [1.29, 1.82) is 0 Å². The molecule has 14 heavy (non-hydrogen) atoms. The van der Waals surface area contributed by atoms with Gasteiger partial charge in [0.2, 0.25) is 0 Å². The second-order valence-electron chi connectivity index (χ2n) is 4.31. The molecule has 1 atom stereocenters. The van der Waals surface area contributed by atoms with E-state index in [1.165, 1.54) is 11.1 Å². The van der Waals surface area contributed by atoms with E-state index >= 15 is 0 Å². The summed E-state index contributed by atoms with van der Waals surface area (Å²) >= 11 is 0. The van der Waals surface area contributed by atoms with Gasteiger partial charge in [0, 0.05) is 6.04 Å². The fraction of sp³-hybridized carbons (Fsp3) is 0.500. The average Bonchev–Trinajstić information content (AvgIpc) is 2.14. The molecule has 0 aliphatic heterocycles. The van der Waals surface area contributed by atoms with E-state index in [2.05, 4.69) is 6.07 Å². The van der Waals surface area contributed by atoms with Gasteiger partial charge in [-0.2, -0.15) is 0 Å². The van der Waals surface area contributed by atoms with Crippen LogP contribution in [-0.2, 0) is 12.8 Å². The summed E-state index contributed by atoms with van der Waals surface area (Å²) in [6.45, 7) is 3.95. The molecule has 0 saturated heterocycles. The zero-order valence-corrected chi connectivity index (χ0v) is 8.80. The Morgan fingerprint density at radius 2 is 2.14 bits per heavy atom. The summed E-state index contributed by atoms with van der Waals surface area (Å²) in [5.74, 6) is 0.458. The van der Waals surface area contributed by atoms with E-state index in [-0.39, 0.29) is 0 Å². The number of rotatable bonds is 0. The molecule has 1 aromatic carbocycles. The Labute approximate surface area is 84.7 Å². The number of fused-ring (bicyclic) bond motifs is 1. The van der Waals surface area contributed by atoms with Crippen LogP contribution in [0.3, 0.4) is 0 Å². The van der Waals surface area contributed by atoms with Crippen molar-refractivity contribution in [3.8, 4) is 5.75 Å². The maximum atomic E-state index is 9.80. The molecule has 1 aliphatic carbocycles. The topological polar surface area (TPSA) is 46.2 Å².